The van der Waals surface area contributed by atoms with Gasteiger partial charge in [-0.15, -0.1) is 0 Å². The van der Waals surface area contributed by atoms with E-state index in [1.54, 1.807) is 0 Å². The van der Waals surface area contributed by atoms with E-state index in [0.29, 0.717) is 0 Å². The molecule has 0 saturated carbocycles. The fourth-order valence-corrected chi connectivity index (χ4v) is 3.19. The van der Waals surface area contributed by atoms with Gasteiger partial charge in [0.2, 0.25) is 0 Å². The lowest BCUT2D eigenvalue weighted by atomic mass is 9.92. The van der Waals surface area contributed by atoms with E-state index in [1.807, 2.05) is 12.3 Å². The van der Waals surface area contributed by atoms with Crippen molar-refractivity contribution in [2.45, 2.75) is 12.8 Å². The molecule has 2 aromatic carbocycles. The quantitative estimate of drug-likeness (QED) is 0.540. The number of hydrogen-bond acceptors (Lipinski definition) is 1. The Labute approximate surface area is 135 Å². The Bertz CT molecular complexity index is 924. The zero-order valence-electron chi connectivity index (χ0n) is 13.0. The number of fused-ring (bicyclic) bond motifs is 1. The predicted octanol–water partition coefficient (Wildman–Crippen LogP) is 5.38. The smallest absolute Gasteiger partial charge is 0.138 e. The van der Waals surface area contributed by atoms with Crippen molar-refractivity contribution in [1.29, 1.82) is 0 Å². The third kappa shape index (κ3) is 2.42. The van der Waals surface area contributed by atoms with Crippen molar-refractivity contribution in [2.24, 2.45) is 0 Å². The van der Waals surface area contributed by atoms with Crippen LogP contribution in [0.4, 0.5) is 0 Å². The second-order valence-corrected chi connectivity index (χ2v) is 5.81. The summed E-state index contributed by atoms with van der Waals surface area (Å²) in [5.41, 5.74) is 5.95. The molecule has 0 amide bonds. The molecule has 2 heteroatoms. The van der Waals surface area contributed by atoms with Crippen molar-refractivity contribution in [1.82, 2.24) is 9.97 Å². The first-order chi connectivity index (χ1) is 11.3. The normalized spacial score (nSPS) is 12.4. The number of nitrogens with zero attached hydrogens (tertiary/aromatic N) is 1. The Kier molecular flexibility index (Phi) is 3.43. The Morgan fingerprint density at radius 3 is 2.26 bits per heavy atom. The van der Waals surface area contributed by atoms with E-state index in [-0.39, 0.29) is 5.92 Å². The molecule has 2 nitrogen and oxygen atoms in total. The highest BCUT2D eigenvalue weighted by Gasteiger charge is 2.19. The maximum atomic E-state index is 4.51. The summed E-state index contributed by atoms with van der Waals surface area (Å²) in [6.07, 6.45) is 1.84. The lowest BCUT2D eigenvalue weighted by Gasteiger charge is -2.13. The molecule has 0 fully saturated rings. The second kappa shape index (κ2) is 5.73. The standard InChI is InChI=1S/C21H18N2/c1-15(16-9-4-2-5-10-16)20-19(17-11-6-3-7-12-17)18-13-8-14-22-21(18)23-20/h2-15H,1H3,(H,22,23). The van der Waals surface area contributed by atoms with Gasteiger partial charge in [-0.3, -0.25) is 0 Å². The number of rotatable bonds is 3. The molecule has 23 heavy (non-hydrogen) atoms. The highest BCUT2D eigenvalue weighted by molar-refractivity contribution is 5.96. The summed E-state index contributed by atoms with van der Waals surface area (Å²) in [6, 6.07) is 25.3. The van der Waals surface area contributed by atoms with E-state index < -0.39 is 0 Å². The van der Waals surface area contributed by atoms with Gasteiger partial charge >= 0.3 is 0 Å². The second-order valence-electron chi connectivity index (χ2n) is 5.81. The van der Waals surface area contributed by atoms with Crippen LogP contribution in [0, 0.1) is 0 Å². The summed E-state index contributed by atoms with van der Waals surface area (Å²) in [5.74, 6) is 0.278. The maximum absolute atomic E-state index is 4.51. The largest absolute Gasteiger partial charge is 0.342 e. The maximum Gasteiger partial charge on any atom is 0.138 e. The predicted molar refractivity (Wildman–Crippen MR) is 95.5 cm³/mol. The Balaban J connectivity index is 1.96. The van der Waals surface area contributed by atoms with Crippen molar-refractivity contribution in [3.8, 4) is 11.1 Å². The number of hydrogen-bond donors (Lipinski definition) is 1. The van der Waals surface area contributed by atoms with E-state index in [9.17, 15) is 0 Å². The summed E-state index contributed by atoms with van der Waals surface area (Å²) in [7, 11) is 0. The van der Waals surface area contributed by atoms with Crippen LogP contribution in [0.3, 0.4) is 0 Å². The molecule has 0 radical (unpaired) electrons. The molecule has 4 aromatic rings. The Hall–Kier alpha value is -2.87. The number of H-pyrrole nitrogens is 1. The number of aromatic nitrogens is 2. The Morgan fingerprint density at radius 1 is 0.826 bits per heavy atom. The molecule has 0 aliphatic carbocycles. The Morgan fingerprint density at radius 2 is 1.52 bits per heavy atom. The molecular weight excluding hydrogens is 280 g/mol. The van der Waals surface area contributed by atoms with Crippen LogP contribution in [-0.4, -0.2) is 9.97 Å². The molecule has 4 rings (SSSR count). The summed E-state index contributed by atoms with van der Waals surface area (Å²) in [6.45, 7) is 2.24. The lowest BCUT2D eigenvalue weighted by Crippen LogP contribution is -1.98. The van der Waals surface area contributed by atoms with Gasteiger partial charge in [-0.1, -0.05) is 67.6 Å². The van der Waals surface area contributed by atoms with Crippen molar-refractivity contribution < 1.29 is 0 Å². The summed E-state index contributed by atoms with van der Waals surface area (Å²) >= 11 is 0. The first-order valence-corrected chi connectivity index (χ1v) is 7.91. The van der Waals surface area contributed by atoms with Gasteiger partial charge in [0, 0.05) is 28.8 Å². The SMILES string of the molecule is CC(c1ccccc1)c1[nH]c2ncccc2c1-c1ccccc1. The molecular formula is C21H18N2. The molecule has 2 heterocycles. The van der Waals surface area contributed by atoms with Crippen LogP contribution in [0.15, 0.2) is 79.0 Å². The molecule has 1 atom stereocenters. The van der Waals surface area contributed by atoms with Gasteiger partial charge < -0.3 is 4.98 Å². The number of pyridine rings is 1. The molecule has 0 aliphatic heterocycles. The van der Waals surface area contributed by atoms with Crippen LogP contribution >= 0.6 is 0 Å². The zero-order valence-corrected chi connectivity index (χ0v) is 13.0. The minimum Gasteiger partial charge on any atom is -0.342 e. The van der Waals surface area contributed by atoms with Gasteiger partial charge in [0.05, 0.1) is 0 Å². The van der Waals surface area contributed by atoms with E-state index in [2.05, 4.69) is 83.6 Å². The summed E-state index contributed by atoms with van der Waals surface area (Å²) in [4.78, 5) is 8.06. The molecule has 2 aromatic heterocycles. The van der Waals surface area contributed by atoms with Crippen molar-refractivity contribution in [3.05, 3.63) is 90.3 Å². The van der Waals surface area contributed by atoms with Crippen molar-refractivity contribution in [3.63, 3.8) is 0 Å². The summed E-state index contributed by atoms with van der Waals surface area (Å²) in [5, 5.41) is 1.18. The van der Waals surface area contributed by atoms with Crippen LogP contribution in [-0.2, 0) is 0 Å². The van der Waals surface area contributed by atoms with Gasteiger partial charge in [0.1, 0.15) is 5.65 Å². The van der Waals surface area contributed by atoms with Gasteiger partial charge in [0.25, 0.3) is 0 Å². The molecule has 0 aliphatic rings. The van der Waals surface area contributed by atoms with Crippen LogP contribution < -0.4 is 0 Å². The van der Waals surface area contributed by atoms with Crippen LogP contribution in [0.5, 0.6) is 0 Å². The van der Waals surface area contributed by atoms with E-state index in [4.69, 9.17) is 0 Å². The fourth-order valence-electron chi connectivity index (χ4n) is 3.19. The van der Waals surface area contributed by atoms with E-state index in [1.165, 1.54) is 27.8 Å². The monoisotopic (exact) mass is 298 g/mol. The zero-order chi connectivity index (χ0) is 15.6. The molecule has 1 unspecified atom stereocenters. The number of nitrogens with one attached hydrogen (secondary N) is 1. The molecule has 1 N–H and O–H groups in total. The fraction of sp³-hybridized carbons (Fsp3) is 0.0952. The molecule has 0 spiro atoms. The van der Waals surface area contributed by atoms with E-state index >= 15 is 0 Å². The third-order valence-corrected chi connectivity index (χ3v) is 4.39. The topological polar surface area (TPSA) is 28.7 Å². The lowest BCUT2D eigenvalue weighted by molar-refractivity contribution is 0.888. The van der Waals surface area contributed by atoms with Gasteiger partial charge in [0.15, 0.2) is 0 Å². The highest BCUT2D eigenvalue weighted by Crippen LogP contribution is 2.37. The minimum absolute atomic E-state index is 0.278. The average Bonchev–Trinajstić information content (AvgIpc) is 3.02. The molecule has 112 valence electrons. The summed E-state index contributed by atoms with van der Waals surface area (Å²) < 4.78 is 0. The molecule has 0 saturated heterocycles. The first-order valence-electron chi connectivity index (χ1n) is 7.91. The number of aromatic amines is 1. The third-order valence-electron chi connectivity index (χ3n) is 4.39. The van der Waals surface area contributed by atoms with Gasteiger partial charge in [-0.05, 0) is 23.3 Å². The van der Waals surface area contributed by atoms with Crippen molar-refractivity contribution >= 4 is 11.0 Å². The van der Waals surface area contributed by atoms with Crippen LogP contribution in [0.2, 0.25) is 0 Å². The van der Waals surface area contributed by atoms with Gasteiger partial charge in [-0.2, -0.15) is 0 Å². The van der Waals surface area contributed by atoms with Crippen molar-refractivity contribution in [2.75, 3.05) is 0 Å². The average molecular weight is 298 g/mol. The first kappa shape index (κ1) is 13.8. The highest BCUT2D eigenvalue weighted by atomic mass is 14.9. The molecule has 0 bridgehead atoms. The minimum atomic E-state index is 0.278. The van der Waals surface area contributed by atoms with Crippen LogP contribution in [0.25, 0.3) is 22.2 Å². The number of benzene rings is 2. The van der Waals surface area contributed by atoms with Gasteiger partial charge in [-0.25, -0.2) is 4.98 Å². The van der Waals surface area contributed by atoms with E-state index in [0.717, 1.165) is 5.65 Å². The van der Waals surface area contributed by atoms with Crippen LogP contribution in [0.1, 0.15) is 24.1 Å².